The summed E-state index contributed by atoms with van der Waals surface area (Å²) in [6.07, 6.45) is 0. The summed E-state index contributed by atoms with van der Waals surface area (Å²) in [5, 5.41) is 3.62. The molecule has 1 rings (SSSR count). The molecule has 0 unspecified atom stereocenters. The number of hydrogen-bond acceptors (Lipinski definition) is 3. The highest BCUT2D eigenvalue weighted by molar-refractivity contribution is 7.80. The molecule has 1 aromatic carbocycles. The highest BCUT2D eigenvalue weighted by Gasteiger charge is 2.05. The van der Waals surface area contributed by atoms with Crippen molar-refractivity contribution in [2.75, 3.05) is 13.2 Å². The van der Waals surface area contributed by atoms with Gasteiger partial charge in [0.25, 0.3) is 5.91 Å². The van der Waals surface area contributed by atoms with Crippen molar-refractivity contribution in [1.29, 1.82) is 0 Å². The van der Waals surface area contributed by atoms with E-state index in [2.05, 4.69) is 22.7 Å². The van der Waals surface area contributed by atoms with E-state index in [0.29, 0.717) is 22.4 Å². The predicted octanol–water partition coefficient (Wildman–Crippen LogP) is 1.79. The number of ether oxygens (including phenoxy) is 1. The topological polar surface area (TPSA) is 62.4 Å². The number of halogens is 1. The Bertz CT molecular complexity index is 508. The molecule has 0 saturated carbocycles. The van der Waals surface area contributed by atoms with E-state index >= 15 is 0 Å². The molecule has 3 N–H and O–H groups in total. The molecule has 1 aromatic rings. The minimum atomic E-state index is -0.371. The third kappa shape index (κ3) is 6.40. The number of benzene rings is 1. The third-order valence-corrected chi connectivity index (χ3v) is 2.62. The molecule has 5 nitrogen and oxygen atoms in total. The molecule has 0 atom stereocenters. The second-order valence-corrected chi connectivity index (χ2v) is 4.85. The van der Waals surface area contributed by atoms with Crippen molar-refractivity contribution in [3.8, 4) is 5.75 Å². The van der Waals surface area contributed by atoms with E-state index in [0.717, 1.165) is 5.57 Å². The van der Waals surface area contributed by atoms with Crippen molar-refractivity contribution in [2.24, 2.45) is 0 Å². The number of hydrogen-bond donors (Lipinski definition) is 3. The number of thiocarbonyl (C=S) groups is 1. The summed E-state index contributed by atoms with van der Waals surface area (Å²) in [7, 11) is 0. The maximum absolute atomic E-state index is 11.5. The van der Waals surface area contributed by atoms with E-state index in [1.165, 1.54) is 0 Å². The van der Waals surface area contributed by atoms with Gasteiger partial charge in [0.05, 0.1) is 5.02 Å². The van der Waals surface area contributed by atoms with E-state index in [9.17, 15) is 4.79 Å². The van der Waals surface area contributed by atoms with Gasteiger partial charge in [-0.2, -0.15) is 0 Å². The minimum Gasteiger partial charge on any atom is -0.482 e. The fraction of sp³-hybridized carbons (Fsp3) is 0.231. The second-order valence-electron chi connectivity index (χ2n) is 4.03. The lowest BCUT2D eigenvalue weighted by Gasteiger charge is -2.12. The van der Waals surface area contributed by atoms with Crippen LogP contribution in [0.1, 0.15) is 6.92 Å². The normalized spacial score (nSPS) is 9.50. The van der Waals surface area contributed by atoms with Gasteiger partial charge in [-0.05, 0) is 31.3 Å². The van der Waals surface area contributed by atoms with Gasteiger partial charge in [0, 0.05) is 6.54 Å². The molecule has 0 aliphatic carbocycles. The number of rotatable bonds is 5. The van der Waals surface area contributed by atoms with Gasteiger partial charge >= 0.3 is 0 Å². The number of hydrazine groups is 1. The number of carbonyl (C=O) groups is 1. The van der Waals surface area contributed by atoms with Crippen LogP contribution < -0.4 is 20.9 Å². The maximum Gasteiger partial charge on any atom is 0.276 e. The number of amides is 1. The lowest BCUT2D eigenvalue weighted by atomic mass is 10.3. The zero-order chi connectivity index (χ0) is 15.0. The van der Waals surface area contributed by atoms with Crippen molar-refractivity contribution in [2.45, 2.75) is 6.92 Å². The minimum absolute atomic E-state index is 0.167. The fourth-order valence-corrected chi connectivity index (χ4v) is 1.46. The molecule has 1 amide bonds. The molecule has 108 valence electrons. The SMILES string of the molecule is C=C(C)CNC(=S)NNC(=O)COc1ccccc1Cl. The van der Waals surface area contributed by atoms with Gasteiger partial charge in [0.1, 0.15) is 5.75 Å². The Morgan fingerprint density at radius 3 is 2.75 bits per heavy atom. The summed E-state index contributed by atoms with van der Waals surface area (Å²) < 4.78 is 5.27. The van der Waals surface area contributed by atoms with Crippen LogP contribution in [-0.4, -0.2) is 24.2 Å². The van der Waals surface area contributed by atoms with Crippen molar-refractivity contribution in [1.82, 2.24) is 16.2 Å². The zero-order valence-corrected chi connectivity index (χ0v) is 12.6. The molecule has 0 bridgehead atoms. The van der Waals surface area contributed by atoms with Crippen LogP contribution in [0, 0.1) is 0 Å². The van der Waals surface area contributed by atoms with Crippen LogP contribution in [0.5, 0.6) is 5.75 Å². The molecule has 0 saturated heterocycles. The molecular formula is C13H16ClN3O2S. The Morgan fingerprint density at radius 1 is 1.40 bits per heavy atom. The average molecular weight is 314 g/mol. The summed E-state index contributed by atoms with van der Waals surface area (Å²) >= 11 is 10.8. The van der Waals surface area contributed by atoms with Crippen LogP contribution in [0.15, 0.2) is 36.4 Å². The lowest BCUT2D eigenvalue weighted by Crippen LogP contribution is -2.48. The number of para-hydroxylation sites is 1. The quantitative estimate of drug-likeness (QED) is 0.439. The second kappa shape index (κ2) is 8.39. The molecule has 0 aliphatic rings. The first-order valence-corrected chi connectivity index (χ1v) is 6.62. The summed E-state index contributed by atoms with van der Waals surface area (Å²) in [4.78, 5) is 11.5. The van der Waals surface area contributed by atoms with E-state index in [1.807, 2.05) is 6.92 Å². The van der Waals surface area contributed by atoms with E-state index < -0.39 is 0 Å². The Morgan fingerprint density at radius 2 is 2.10 bits per heavy atom. The molecule has 0 fully saturated rings. The highest BCUT2D eigenvalue weighted by Crippen LogP contribution is 2.22. The molecule has 0 aromatic heterocycles. The predicted molar refractivity (Wildman–Crippen MR) is 83.6 cm³/mol. The van der Waals surface area contributed by atoms with E-state index in [1.54, 1.807) is 24.3 Å². The van der Waals surface area contributed by atoms with Crippen molar-refractivity contribution < 1.29 is 9.53 Å². The maximum atomic E-state index is 11.5. The number of nitrogens with one attached hydrogen (secondary N) is 3. The Kier molecular flexibility index (Phi) is 6.83. The molecule has 20 heavy (non-hydrogen) atoms. The summed E-state index contributed by atoms with van der Waals surface area (Å²) in [6, 6.07) is 6.92. The van der Waals surface area contributed by atoms with Crippen molar-refractivity contribution >= 4 is 34.8 Å². The largest absolute Gasteiger partial charge is 0.482 e. The van der Waals surface area contributed by atoms with Gasteiger partial charge in [-0.15, -0.1) is 0 Å². The summed E-state index contributed by atoms with van der Waals surface area (Å²) in [6.45, 7) is 5.96. The van der Waals surface area contributed by atoms with Gasteiger partial charge < -0.3 is 10.1 Å². The van der Waals surface area contributed by atoms with Crippen LogP contribution >= 0.6 is 23.8 Å². The first-order valence-electron chi connectivity index (χ1n) is 5.83. The molecular weight excluding hydrogens is 298 g/mol. The summed E-state index contributed by atoms with van der Waals surface area (Å²) in [5.41, 5.74) is 5.89. The first-order chi connectivity index (χ1) is 9.49. The molecule has 7 heteroatoms. The average Bonchev–Trinajstić information content (AvgIpc) is 2.42. The molecule has 0 heterocycles. The molecule has 0 spiro atoms. The van der Waals surface area contributed by atoms with Gasteiger partial charge in [0.15, 0.2) is 11.7 Å². The van der Waals surface area contributed by atoms with Crippen LogP contribution in [0.3, 0.4) is 0 Å². The van der Waals surface area contributed by atoms with Gasteiger partial charge in [-0.25, -0.2) is 0 Å². The molecule has 0 radical (unpaired) electrons. The van der Waals surface area contributed by atoms with Crippen molar-refractivity contribution in [3.63, 3.8) is 0 Å². The van der Waals surface area contributed by atoms with Crippen molar-refractivity contribution in [3.05, 3.63) is 41.4 Å². The fourth-order valence-electron chi connectivity index (χ4n) is 1.14. The highest BCUT2D eigenvalue weighted by atomic mass is 35.5. The summed E-state index contributed by atoms with van der Waals surface area (Å²) in [5.74, 6) is 0.0803. The van der Waals surface area contributed by atoms with Gasteiger partial charge in [0.2, 0.25) is 0 Å². The Hall–Kier alpha value is -1.79. The smallest absolute Gasteiger partial charge is 0.276 e. The van der Waals surface area contributed by atoms with E-state index in [-0.39, 0.29) is 12.5 Å². The first kappa shape index (κ1) is 16.3. The standard InChI is InChI=1S/C13H16ClN3O2S/c1-9(2)7-15-13(20)17-16-12(18)8-19-11-6-4-3-5-10(11)14/h3-6H,1,7-8H2,2H3,(H,16,18)(H2,15,17,20). The van der Waals surface area contributed by atoms with E-state index in [4.69, 9.17) is 28.6 Å². The zero-order valence-electron chi connectivity index (χ0n) is 11.0. The van der Waals surface area contributed by atoms with Crippen LogP contribution in [0.2, 0.25) is 5.02 Å². The van der Waals surface area contributed by atoms with Gasteiger partial charge in [-0.3, -0.25) is 15.6 Å². The van der Waals surface area contributed by atoms with Crippen LogP contribution in [0.25, 0.3) is 0 Å². The van der Waals surface area contributed by atoms with Crippen LogP contribution in [-0.2, 0) is 4.79 Å². The Labute approximate surface area is 128 Å². The third-order valence-electron chi connectivity index (χ3n) is 2.06. The van der Waals surface area contributed by atoms with Gasteiger partial charge in [-0.1, -0.05) is 35.9 Å². The van der Waals surface area contributed by atoms with Crippen LogP contribution in [0.4, 0.5) is 0 Å². The Balaban J connectivity index is 2.25. The number of carbonyl (C=O) groups excluding carboxylic acids is 1. The monoisotopic (exact) mass is 313 g/mol. The molecule has 0 aliphatic heterocycles. The lowest BCUT2D eigenvalue weighted by molar-refractivity contribution is -0.123.